The van der Waals surface area contributed by atoms with Crippen molar-refractivity contribution in [1.82, 2.24) is 5.16 Å². The SMILES string of the molecule is Cc1cc(Cl)cc2c(CCCl)noc12. The smallest absolute Gasteiger partial charge is 0.170 e. The highest BCUT2D eigenvalue weighted by Gasteiger charge is 2.10. The second-order valence-corrected chi connectivity index (χ2v) is 3.98. The third kappa shape index (κ3) is 1.60. The molecule has 0 N–H and O–H groups in total. The minimum absolute atomic E-state index is 0.535. The van der Waals surface area contributed by atoms with Crippen molar-refractivity contribution in [2.45, 2.75) is 13.3 Å². The van der Waals surface area contributed by atoms with E-state index in [1.165, 1.54) is 0 Å². The molecule has 0 aliphatic heterocycles. The van der Waals surface area contributed by atoms with Gasteiger partial charge in [0.05, 0.1) is 5.69 Å². The largest absolute Gasteiger partial charge is 0.356 e. The van der Waals surface area contributed by atoms with Crippen LogP contribution in [-0.2, 0) is 6.42 Å². The molecule has 0 aliphatic carbocycles. The second kappa shape index (κ2) is 3.79. The van der Waals surface area contributed by atoms with E-state index in [0.29, 0.717) is 17.3 Å². The van der Waals surface area contributed by atoms with Crippen LogP contribution in [0.5, 0.6) is 0 Å². The highest BCUT2D eigenvalue weighted by Crippen LogP contribution is 2.26. The number of fused-ring (bicyclic) bond motifs is 1. The lowest BCUT2D eigenvalue weighted by Crippen LogP contribution is -1.86. The Morgan fingerprint density at radius 3 is 2.93 bits per heavy atom. The Hall–Kier alpha value is -0.730. The number of hydrogen-bond donors (Lipinski definition) is 0. The van der Waals surface area contributed by atoms with E-state index in [-0.39, 0.29) is 0 Å². The number of nitrogens with zero attached hydrogens (tertiary/aromatic N) is 1. The van der Waals surface area contributed by atoms with E-state index in [1.54, 1.807) is 0 Å². The zero-order chi connectivity index (χ0) is 10.1. The fraction of sp³-hybridized carbons (Fsp3) is 0.300. The summed E-state index contributed by atoms with van der Waals surface area (Å²) in [4.78, 5) is 0. The topological polar surface area (TPSA) is 26.0 Å². The summed E-state index contributed by atoms with van der Waals surface area (Å²) in [5.41, 5.74) is 2.68. The molecular weight excluding hydrogens is 221 g/mol. The maximum atomic E-state index is 5.95. The van der Waals surface area contributed by atoms with Crippen LogP contribution in [0, 0.1) is 6.92 Å². The van der Waals surface area contributed by atoms with Gasteiger partial charge in [0.1, 0.15) is 0 Å². The zero-order valence-corrected chi connectivity index (χ0v) is 9.19. The van der Waals surface area contributed by atoms with Crippen molar-refractivity contribution in [3.63, 3.8) is 0 Å². The van der Waals surface area contributed by atoms with Gasteiger partial charge in [0.2, 0.25) is 0 Å². The summed E-state index contributed by atoms with van der Waals surface area (Å²) in [6.45, 7) is 1.95. The third-order valence-corrected chi connectivity index (χ3v) is 2.54. The number of rotatable bonds is 2. The molecule has 0 radical (unpaired) electrons. The Kier molecular flexibility index (Phi) is 2.66. The number of aryl methyl sites for hydroxylation is 2. The molecule has 2 aromatic rings. The van der Waals surface area contributed by atoms with Crippen molar-refractivity contribution >= 4 is 34.2 Å². The predicted molar refractivity (Wildman–Crippen MR) is 58.2 cm³/mol. The molecule has 0 saturated heterocycles. The fourth-order valence-corrected chi connectivity index (χ4v) is 1.94. The molecular formula is C10H9Cl2NO. The molecule has 0 amide bonds. The number of benzene rings is 1. The minimum Gasteiger partial charge on any atom is -0.356 e. The van der Waals surface area contributed by atoms with E-state index in [9.17, 15) is 0 Å². The normalized spacial score (nSPS) is 11.1. The lowest BCUT2D eigenvalue weighted by Gasteiger charge is -1.95. The van der Waals surface area contributed by atoms with Crippen LogP contribution in [0.2, 0.25) is 5.02 Å². The molecule has 74 valence electrons. The van der Waals surface area contributed by atoms with Crippen LogP contribution in [0.4, 0.5) is 0 Å². The molecule has 0 spiro atoms. The van der Waals surface area contributed by atoms with E-state index in [0.717, 1.165) is 22.2 Å². The summed E-state index contributed by atoms with van der Waals surface area (Å²) in [5.74, 6) is 0.535. The molecule has 1 heterocycles. The van der Waals surface area contributed by atoms with Gasteiger partial charge in [-0.3, -0.25) is 0 Å². The molecule has 0 atom stereocenters. The van der Waals surface area contributed by atoms with Crippen molar-refractivity contribution in [2.75, 3.05) is 5.88 Å². The fourth-order valence-electron chi connectivity index (χ4n) is 1.49. The zero-order valence-electron chi connectivity index (χ0n) is 7.68. The Labute approximate surface area is 91.8 Å². The van der Waals surface area contributed by atoms with Gasteiger partial charge in [0.15, 0.2) is 5.58 Å². The van der Waals surface area contributed by atoms with Crippen LogP contribution in [-0.4, -0.2) is 11.0 Å². The molecule has 2 nitrogen and oxygen atoms in total. The third-order valence-electron chi connectivity index (χ3n) is 2.13. The molecule has 14 heavy (non-hydrogen) atoms. The summed E-state index contributed by atoms with van der Waals surface area (Å²) < 4.78 is 5.22. The second-order valence-electron chi connectivity index (χ2n) is 3.17. The monoisotopic (exact) mass is 229 g/mol. The molecule has 0 bridgehead atoms. The van der Waals surface area contributed by atoms with Gasteiger partial charge in [-0.25, -0.2) is 0 Å². The van der Waals surface area contributed by atoms with Gasteiger partial charge in [-0.15, -0.1) is 11.6 Å². The van der Waals surface area contributed by atoms with E-state index < -0.39 is 0 Å². The first-order chi connectivity index (χ1) is 6.72. The Morgan fingerprint density at radius 1 is 1.43 bits per heavy atom. The Bertz CT molecular complexity index is 464. The van der Waals surface area contributed by atoms with E-state index in [2.05, 4.69) is 5.16 Å². The average Bonchev–Trinajstić information content (AvgIpc) is 2.49. The van der Waals surface area contributed by atoms with Crippen molar-refractivity contribution in [3.05, 3.63) is 28.4 Å². The average molecular weight is 230 g/mol. The quantitative estimate of drug-likeness (QED) is 0.737. The molecule has 1 aromatic carbocycles. The Balaban J connectivity index is 2.66. The first-order valence-electron chi connectivity index (χ1n) is 4.32. The molecule has 4 heteroatoms. The maximum absolute atomic E-state index is 5.95. The summed E-state index contributed by atoms with van der Waals surface area (Å²) in [5, 5.41) is 5.64. The maximum Gasteiger partial charge on any atom is 0.170 e. The van der Waals surface area contributed by atoms with Crippen molar-refractivity contribution in [3.8, 4) is 0 Å². The first kappa shape index (κ1) is 9.81. The molecule has 0 fully saturated rings. The highest BCUT2D eigenvalue weighted by molar-refractivity contribution is 6.31. The van der Waals surface area contributed by atoms with Gasteiger partial charge < -0.3 is 4.52 Å². The van der Waals surface area contributed by atoms with Gasteiger partial charge in [0, 0.05) is 22.7 Å². The van der Waals surface area contributed by atoms with Crippen LogP contribution in [0.15, 0.2) is 16.7 Å². The van der Waals surface area contributed by atoms with Crippen LogP contribution < -0.4 is 0 Å². The standard InChI is InChI=1S/C10H9Cl2NO/c1-6-4-7(12)5-8-9(2-3-11)13-14-10(6)8/h4-5H,2-3H2,1H3. The van der Waals surface area contributed by atoms with Gasteiger partial charge in [-0.1, -0.05) is 16.8 Å². The van der Waals surface area contributed by atoms with Crippen LogP contribution in [0.25, 0.3) is 11.0 Å². The van der Waals surface area contributed by atoms with Crippen LogP contribution in [0.3, 0.4) is 0 Å². The van der Waals surface area contributed by atoms with E-state index >= 15 is 0 Å². The summed E-state index contributed by atoms with van der Waals surface area (Å²) in [6, 6.07) is 3.72. The first-order valence-corrected chi connectivity index (χ1v) is 5.24. The van der Waals surface area contributed by atoms with Gasteiger partial charge >= 0.3 is 0 Å². The lowest BCUT2D eigenvalue weighted by atomic mass is 10.1. The van der Waals surface area contributed by atoms with Crippen molar-refractivity contribution in [1.29, 1.82) is 0 Å². The predicted octanol–water partition coefficient (Wildman–Crippen LogP) is 3.57. The van der Waals surface area contributed by atoms with Gasteiger partial charge in [-0.2, -0.15) is 0 Å². The number of aromatic nitrogens is 1. The van der Waals surface area contributed by atoms with Gasteiger partial charge in [0.25, 0.3) is 0 Å². The Morgan fingerprint density at radius 2 is 2.21 bits per heavy atom. The molecule has 2 rings (SSSR count). The van der Waals surface area contributed by atoms with Crippen molar-refractivity contribution in [2.24, 2.45) is 0 Å². The molecule has 1 aromatic heterocycles. The van der Waals surface area contributed by atoms with Crippen molar-refractivity contribution < 1.29 is 4.52 Å². The summed E-state index contributed by atoms with van der Waals surface area (Å²) in [7, 11) is 0. The van der Waals surface area contributed by atoms with E-state index in [4.69, 9.17) is 27.7 Å². The summed E-state index contributed by atoms with van der Waals surface area (Å²) >= 11 is 11.6. The minimum atomic E-state index is 0.535. The number of halogens is 2. The highest BCUT2D eigenvalue weighted by atomic mass is 35.5. The number of hydrogen-bond acceptors (Lipinski definition) is 2. The summed E-state index contributed by atoms with van der Waals surface area (Å²) in [6.07, 6.45) is 0.703. The van der Waals surface area contributed by atoms with Crippen LogP contribution >= 0.6 is 23.2 Å². The van der Waals surface area contributed by atoms with Crippen LogP contribution in [0.1, 0.15) is 11.3 Å². The van der Waals surface area contributed by atoms with Gasteiger partial charge in [-0.05, 0) is 24.6 Å². The molecule has 0 unspecified atom stereocenters. The molecule has 0 saturated carbocycles. The van der Waals surface area contributed by atoms with E-state index in [1.807, 2.05) is 19.1 Å². The lowest BCUT2D eigenvalue weighted by molar-refractivity contribution is 0.446. The molecule has 0 aliphatic rings. The number of alkyl halides is 1.